The monoisotopic (exact) mass is 187 g/mol. The van der Waals surface area contributed by atoms with Gasteiger partial charge in [0.25, 0.3) is 0 Å². The molecule has 13 heavy (non-hydrogen) atoms. The molecule has 0 fully saturated rings. The van der Waals surface area contributed by atoms with Crippen molar-refractivity contribution in [1.82, 2.24) is 4.98 Å². The first kappa shape index (κ1) is 9.57. The first-order chi connectivity index (χ1) is 5.99. The van der Waals surface area contributed by atoms with Gasteiger partial charge >= 0.3 is 12.1 Å². The number of aromatic nitrogens is 1. The Morgan fingerprint density at radius 3 is 2.46 bits per heavy atom. The molecule has 0 spiro atoms. The number of rotatable bonds is 2. The number of esters is 1. The number of hydrogen-bond donors (Lipinski definition) is 0. The number of carbonyl (C=O) groups excluding carboxylic acids is 1. The van der Waals surface area contributed by atoms with Gasteiger partial charge in [-0.05, 0) is 12.1 Å². The Balaban J connectivity index is 2.71. The quantitative estimate of drug-likeness (QED) is 0.663. The second-order valence-corrected chi connectivity index (χ2v) is 2.43. The summed E-state index contributed by atoms with van der Waals surface area (Å²) >= 11 is 0. The van der Waals surface area contributed by atoms with E-state index in [2.05, 4.69) is 9.72 Å². The van der Waals surface area contributed by atoms with Crippen molar-refractivity contribution in [2.45, 2.75) is 13.0 Å². The maximum absolute atomic E-state index is 12.2. The fourth-order valence-corrected chi connectivity index (χ4v) is 0.710. The summed E-state index contributed by atoms with van der Waals surface area (Å²) in [6, 6.07) is 2.60. The number of nitrogens with zero attached hydrogens (tertiary/aromatic N) is 1. The largest absolute Gasteiger partial charge is 0.397 e. The smallest absolute Gasteiger partial charge is 0.397 e. The molecule has 0 bridgehead atoms. The number of carbonyl (C=O) groups is 1. The Morgan fingerprint density at radius 1 is 1.46 bits per heavy atom. The lowest BCUT2D eigenvalue weighted by atomic mass is 10.3. The second-order valence-electron chi connectivity index (χ2n) is 2.43. The molecule has 0 atom stereocenters. The van der Waals surface area contributed by atoms with Crippen molar-refractivity contribution >= 4 is 5.97 Å². The van der Waals surface area contributed by atoms with Gasteiger partial charge < -0.3 is 4.74 Å². The van der Waals surface area contributed by atoms with E-state index < -0.39 is 12.1 Å². The molecule has 5 heteroatoms. The standard InChI is InChI=1S/C8H7F2NO2/c1-8(9,10)13-7(12)6-2-4-11-5-3-6/h2-5H,1H3. The maximum Gasteiger partial charge on any atom is 0.397 e. The molecule has 0 saturated carbocycles. The Morgan fingerprint density at radius 2 is 2.00 bits per heavy atom. The third-order valence-electron chi connectivity index (χ3n) is 1.19. The summed E-state index contributed by atoms with van der Waals surface area (Å²) in [4.78, 5) is 14.6. The van der Waals surface area contributed by atoms with E-state index >= 15 is 0 Å². The fourth-order valence-electron chi connectivity index (χ4n) is 0.710. The Hall–Kier alpha value is -1.52. The predicted molar refractivity (Wildman–Crippen MR) is 40.3 cm³/mol. The van der Waals surface area contributed by atoms with Crippen LogP contribution in [-0.2, 0) is 4.74 Å². The molecule has 0 N–H and O–H groups in total. The van der Waals surface area contributed by atoms with E-state index in [4.69, 9.17) is 0 Å². The molecule has 70 valence electrons. The molecule has 0 saturated heterocycles. The van der Waals surface area contributed by atoms with Gasteiger partial charge in [-0.3, -0.25) is 4.98 Å². The van der Waals surface area contributed by atoms with Crippen molar-refractivity contribution in [2.24, 2.45) is 0 Å². The summed E-state index contributed by atoms with van der Waals surface area (Å²) in [7, 11) is 0. The SMILES string of the molecule is CC(F)(F)OC(=O)c1ccncc1. The van der Waals surface area contributed by atoms with Crippen LogP contribution in [0.1, 0.15) is 17.3 Å². The lowest BCUT2D eigenvalue weighted by Crippen LogP contribution is -2.20. The molecule has 3 nitrogen and oxygen atoms in total. The van der Waals surface area contributed by atoms with Crippen molar-refractivity contribution in [3.05, 3.63) is 30.1 Å². The van der Waals surface area contributed by atoms with Crippen LogP contribution in [0.3, 0.4) is 0 Å². The van der Waals surface area contributed by atoms with E-state index in [0.29, 0.717) is 6.92 Å². The number of ether oxygens (including phenoxy) is 1. The topological polar surface area (TPSA) is 39.2 Å². The molecule has 0 aromatic carbocycles. The number of alkyl halides is 2. The lowest BCUT2D eigenvalue weighted by molar-refractivity contribution is -0.185. The highest BCUT2D eigenvalue weighted by molar-refractivity contribution is 5.89. The summed E-state index contributed by atoms with van der Waals surface area (Å²) in [6.07, 6.45) is -0.796. The fraction of sp³-hybridized carbons (Fsp3) is 0.250. The van der Waals surface area contributed by atoms with Crippen molar-refractivity contribution in [1.29, 1.82) is 0 Å². The van der Waals surface area contributed by atoms with Crippen molar-refractivity contribution < 1.29 is 18.3 Å². The van der Waals surface area contributed by atoms with Crippen molar-refractivity contribution in [3.63, 3.8) is 0 Å². The molecule has 0 unspecified atom stereocenters. The summed E-state index contributed by atoms with van der Waals surface area (Å²) in [5, 5.41) is 0. The van der Waals surface area contributed by atoms with E-state index in [9.17, 15) is 13.6 Å². The molecule has 1 aromatic heterocycles. The number of hydrogen-bond acceptors (Lipinski definition) is 3. The highest BCUT2D eigenvalue weighted by Crippen LogP contribution is 2.15. The van der Waals surface area contributed by atoms with Gasteiger partial charge in [0.15, 0.2) is 0 Å². The minimum absolute atomic E-state index is 0.0523. The summed E-state index contributed by atoms with van der Waals surface area (Å²) in [6.45, 7) is 0.506. The lowest BCUT2D eigenvalue weighted by Gasteiger charge is -2.10. The minimum atomic E-state index is -3.44. The molecule has 0 radical (unpaired) electrons. The zero-order valence-electron chi connectivity index (χ0n) is 6.83. The molecule has 1 heterocycles. The number of halogens is 2. The van der Waals surface area contributed by atoms with Crippen LogP contribution >= 0.6 is 0 Å². The molecule has 0 aliphatic heterocycles. The molecule has 1 aromatic rings. The molecule has 1 rings (SSSR count). The van der Waals surface area contributed by atoms with Crippen molar-refractivity contribution in [2.75, 3.05) is 0 Å². The number of pyridine rings is 1. The van der Waals surface area contributed by atoms with E-state index in [-0.39, 0.29) is 5.56 Å². The molecule has 0 aliphatic carbocycles. The van der Waals surface area contributed by atoms with Gasteiger partial charge in [-0.15, -0.1) is 0 Å². The summed E-state index contributed by atoms with van der Waals surface area (Å²) in [5.74, 6) is -1.06. The van der Waals surface area contributed by atoms with Crippen LogP contribution < -0.4 is 0 Å². The van der Waals surface area contributed by atoms with E-state index in [0.717, 1.165) is 0 Å². The average Bonchev–Trinajstić information content (AvgIpc) is 2.03. The van der Waals surface area contributed by atoms with Crippen LogP contribution in [0.5, 0.6) is 0 Å². The second kappa shape index (κ2) is 3.47. The normalized spacial score (nSPS) is 11.0. The Bertz CT molecular complexity index is 295. The zero-order valence-corrected chi connectivity index (χ0v) is 6.83. The van der Waals surface area contributed by atoms with Gasteiger partial charge in [0.05, 0.1) is 5.56 Å². The van der Waals surface area contributed by atoms with Gasteiger partial charge in [0.2, 0.25) is 0 Å². The van der Waals surface area contributed by atoms with Crippen LogP contribution in [-0.4, -0.2) is 17.1 Å². The van der Waals surface area contributed by atoms with Crippen LogP contribution in [0.15, 0.2) is 24.5 Å². The summed E-state index contributed by atoms with van der Waals surface area (Å²) < 4.78 is 28.2. The average molecular weight is 187 g/mol. The zero-order chi connectivity index (χ0) is 9.90. The molecular formula is C8H7F2NO2. The molecular weight excluding hydrogens is 180 g/mol. The Labute approximate surface area is 73.4 Å². The van der Waals surface area contributed by atoms with Gasteiger partial charge in [0.1, 0.15) is 0 Å². The first-order valence-corrected chi connectivity index (χ1v) is 3.50. The first-order valence-electron chi connectivity index (χ1n) is 3.50. The third kappa shape index (κ3) is 3.14. The van der Waals surface area contributed by atoms with E-state index in [1.165, 1.54) is 24.5 Å². The predicted octanol–water partition coefficient (Wildman–Crippen LogP) is 1.85. The van der Waals surface area contributed by atoms with Crippen molar-refractivity contribution in [3.8, 4) is 0 Å². The summed E-state index contributed by atoms with van der Waals surface area (Å²) in [5.41, 5.74) is 0.0523. The highest BCUT2D eigenvalue weighted by Gasteiger charge is 2.26. The third-order valence-corrected chi connectivity index (χ3v) is 1.19. The van der Waals surface area contributed by atoms with Gasteiger partial charge in [-0.1, -0.05) is 0 Å². The minimum Gasteiger partial charge on any atom is -0.397 e. The maximum atomic E-state index is 12.2. The van der Waals surface area contributed by atoms with E-state index in [1.54, 1.807) is 0 Å². The van der Waals surface area contributed by atoms with Gasteiger partial charge in [-0.25, -0.2) is 4.79 Å². The molecule has 0 amide bonds. The van der Waals surface area contributed by atoms with Crippen LogP contribution in [0, 0.1) is 0 Å². The highest BCUT2D eigenvalue weighted by atomic mass is 19.3. The van der Waals surface area contributed by atoms with Crippen LogP contribution in [0.2, 0.25) is 0 Å². The van der Waals surface area contributed by atoms with Crippen LogP contribution in [0.25, 0.3) is 0 Å². The Kier molecular flexibility index (Phi) is 2.55. The van der Waals surface area contributed by atoms with Crippen LogP contribution in [0.4, 0.5) is 8.78 Å². The van der Waals surface area contributed by atoms with Gasteiger partial charge in [0, 0.05) is 19.3 Å². The van der Waals surface area contributed by atoms with Gasteiger partial charge in [-0.2, -0.15) is 8.78 Å². The molecule has 0 aliphatic rings. The van der Waals surface area contributed by atoms with E-state index in [1.807, 2.05) is 0 Å².